The Morgan fingerprint density at radius 3 is 2.52 bits per heavy atom. The summed E-state index contributed by atoms with van der Waals surface area (Å²) in [6, 6.07) is 0.481. The second-order valence-corrected chi connectivity index (χ2v) is 9.35. The Balaban J connectivity index is 1.87. The molecule has 27 heavy (non-hydrogen) atoms. The van der Waals surface area contributed by atoms with Crippen molar-refractivity contribution >= 4 is 5.96 Å². The van der Waals surface area contributed by atoms with E-state index in [2.05, 4.69) is 62.1 Å². The maximum Gasteiger partial charge on any atom is 0.191 e. The summed E-state index contributed by atoms with van der Waals surface area (Å²) in [6.07, 6.45) is 2.70. The van der Waals surface area contributed by atoms with Crippen LogP contribution >= 0.6 is 0 Å². The van der Waals surface area contributed by atoms with Crippen LogP contribution in [0.2, 0.25) is 0 Å². The van der Waals surface area contributed by atoms with E-state index in [0.717, 1.165) is 64.8 Å². The third-order valence-corrected chi connectivity index (χ3v) is 5.85. The van der Waals surface area contributed by atoms with Crippen molar-refractivity contribution in [2.45, 2.75) is 59.6 Å². The Morgan fingerprint density at radius 2 is 1.89 bits per heavy atom. The van der Waals surface area contributed by atoms with Crippen LogP contribution in [0.15, 0.2) is 4.99 Å². The van der Waals surface area contributed by atoms with Crippen molar-refractivity contribution in [2.24, 2.45) is 16.3 Å². The zero-order valence-corrected chi connectivity index (χ0v) is 18.6. The normalized spacial score (nSPS) is 27.4. The zero-order valence-electron chi connectivity index (χ0n) is 18.6. The van der Waals surface area contributed by atoms with E-state index in [1.807, 2.05) is 0 Å². The number of guanidine groups is 1. The van der Waals surface area contributed by atoms with Crippen LogP contribution in [0.5, 0.6) is 0 Å². The molecule has 0 radical (unpaired) electrons. The van der Waals surface area contributed by atoms with Gasteiger partial charge in [-0.2, -0.15) is 0 Å². The average molecular weight is 382 g/mol. The highest BCUT2D eigenvalue weighted by Crippen LogP contribution is 2.33. The standard InChI is InChI=1S/C21H43N5O/c1-7-22-20(23-15-17(2)26-12-10-25(6)11-13-26)24-16-18-9-8-14-27-19(18)21(3,4)5/h17-19H,7-16H2,1-6H3,(H2,22,23,24). The first-order valence-electron chi connectivity index (χ1n) is 10.9. The van der Waals surface area contributed by atoms with Gasteiger partial charge in [0.15, 0.2) is 5.96 Å². The van der Waals surface area contributed by atoms with Gasteiger partial charge >= 0.3 is 0 Å². The fourth-order valence-electron chi connectivity index (χ4n) is 4.18. The Hall–Kier alpha value is -0.850. The van der Waals surface area contributed by atoms with Crippen LogP contribution in [-0.2, 0) is 4.74 Å². The number of hydrogen-bond acceptors (Lipinski definition) is 4. The van der Waals surface area contributed by atoms with Crippen LogP contribution in [0, 0.1) is 11.3 Å². The summed E-state index contributed by atoms with van der Waals surface area (Å²) < 4.78 is 6.12. The van der Waals surface area contributed by atoms with Gasteiger partial charge in [0.05, 0.1) is 12.6 Å². The predicted molar refractivity (Wildman–Crippen MR) is 114 cm³/mol. The minimum Gasteiger partial charge on any atom is -0.377 e. The van der Waals surface area contributed by atoms with E-state index in [-0.39, 0.29) is 5.41 Å². The summed E-state index contributed by atoms with van der Waals surface area (Å²) in [6.45, 7) is 19.4. The largest absolute Gasteiger partial charge is 0.377 e. The van der Waals surface area contributed by atoms with Crippen LogP contribution < -0.4 is 10.6 Å². The van der Waals surface area contributed by atoms with Crippen molar-refractivity contribution in [1.29, 1.82) is 0 Å². The first-order chi connectivity index (χ1) is 12.8. The quantitative estimate of drug-likeness (QED) is 0.545. The van der Waals surface area contributed by atoms with Crippen LogP contribution in [-0.4, -0.2) is 87.4 Å². The maximum absolute atomic E-state index is 6.12. The lowest BCUT2D eigenvalue weighted by Gasteiger charge is -2.40. The van der Waals surface area contributed by atoms with E-state index < -0.39 is 0 Å². The fraction of sp³-hybridized carbons (Fsp3) is 0.952. The molecule has 6 nitrogen and oxygen atoms in total. The molecule has 0 aromatic heterocycles. The molecule has 2 N–H and O–H groups in total. The van der Waals surface area contributed by atoms with Crippen LogP contribution in [0.25, 0.3) is 0 Å². The van der Waals surface area contributed by atoms with Gasteiger partial charge in [0.25, 0.3) is 0 Å². The molecular weight excluding hydrogens is 338 g/mol. The summed E-state index contributed by atoms with van der Waals surface area (Å²) in [5.41, 5.74) is 0.179. The van der Waals surface area contributed by atoms with Crippen molar-refractivity contribution in [3.05, 3.63) is 0 Å². The molecule has 2 heterocycles. The molecule has 158 valence electrons. The van der Waals surface area contributed by atoms with E-state index in [1.165, 1.54) is 6.42 Å². The molecule has 0 aliphatic carbocycles. The summed E-state index contributed by atoms with van der Waals surface area (Å²) >= 11 is 0. The van der Waals surface area contributed by atoms with Gasteiger partial charge in [-0.05, 0) is 39.2 Å². The number of nitrogens with zero attached hydrogens (tertiary/aromatic N) is 3. The van der Waals surface area contributed by atoms with Crippen molar-refractivity contribution in [3.8, 4) is 0 Å². The molecule has 0 amide bonds. The number of piperazine rings is 1. The highest BCUT2D eigenvalue weighted by molar-refractivity contribution is 5.79. The Morgan fingerprint density at radius 1 is 1.19 bits per heavy atom. The van der Waals surface area contributed by atoms with Crippen LogP contribution in [0.1, 0.15) is 47.5 Å². The van der Waals surface area contributed by atoms with Gasteiger partial charge in [-0.15, -0.1) is 0 Å². The number of hydrogen-bond donors (Lipinski definition) is 2. The topological polar surface area (TPSA) is 52.1 Å². The lowest BCUT2D eigenvalue weighted by molar-refractivity contribution is -0.0835. The smallest absolute Gasteiger partial charge is 0.191 e. The summed E-state index contributed by atoms with van der Waals surface area (Å²) in [5, 5.41) is 7.00. The van der Waals surface area contributed by atoms with Crippen molar-refractivity contribution < 1.29 is 4.74 Å². The lowest BCUT2D eigenvalue weighted by atomic mass is 9.78. The van der Waals surface area contributed by atoms with Gasteiger partial charge in [0.2, 0.25) is 0 Å². The minimum atomic E-state index is 0.179. The third-order valence-electron chi connectivity index (χ3n) is 5.85. The lowest BCUT2D eigenvalue weighted by Crippen LogP contribution is -2.50. The molecule has 2 rings (SSSR count). The fourth-order valence-corrected chi connectivity index (χ4v) is 4.18. The highest BCUT2D eigenvalue weighted by Gasteiger charge is 2.35. The SMILES string of the molecule is CCNC(=NCC(C)N1CCN(C)CC1)NCC1CCCOC1C(C)(C)C. The molecule has 3 unspecified atom stereocenters. The van der Waals surface area contributed by atoms with Gasteiger partial charge in [-0.25, -0.2) is 0 Å². The molecule has 2 fully saturated rings. The first kappa shape index (κ1) is 22.4. The van der Waals surface area contributed by atoms with Crippen molar-refractivity contribution in [2.75, 3.05) is 59.5 Å². The van der Waals surface area contributed by atoms with E-state index in [0.29, 0.717) is 18.1 Å². The molecule has 6 heteroatoms. The first-order valence-corrected chi connectivity index (χ1v) is 10.9. The summed E-state index contributed by atoms with van der Waals surface area (Å²) in [7, 11) is 2.20. The second-order valence-electron chi connectivity index (χ2n) is 9.35. The van der Waals surface area contributed by atoms with E-state index >= 15 is 0 Å². The molecule has 0 saturated carbocycles. The number of aliphatic imine (C=N–C) groups is 1. The molecule has 0 bridgehead atoms. The van der Waals surface area contributed by atoms with Gasteiger partial charge < -0.3 is 20.3 Å². The highest BCUT2D eigenvalue weighted by atomic mass is 16.5. The van der Waals surface area contributed by atoms with Crippen LogP contribution in [0.4, 0.5) is 0 Å². The Kier molecular flexibility index (Phi) is 8.83. The molecule has 2 saturated heterocycles. The van der Waals surface area contributed by atoms with Gasteiger partial charge in [0.1, 0.15) is 0 Å². The number of rotatable bonds is 6. The van der Waals surface area contributed by atoms with Gasteiger partial charge in [-0.3, -0.25) is 9.89 Å². The predicted octanol–water partition coefficient (Wildman–Crippen LogP) is 2.02. The van der Waals surface area contributed by atoms with E-state index in [9.17, 15) is 0 Å². The van der Waals surface area contributed by atoms with Gasteiger partial charge in [0, 0.05) is 57.8 Å². The van der Waals surface area contributed by atoms with E-state index in [1.54, 1.807) is 0 Å². The summed E-state index contributed by atoms with van der Waals surface area (Å²) in [5.74, 6) is 1.48. The van der Waals surface area contributed by atoms with Crippen molar-refractivity contribution in [1.82, 2.24) is 20.4 Å². The summed E-state index contributed by atoms with van der Waals surface area (Å²) in [4.78, 5) is 9.83. The molecule has 0 spiro atoms. The average Bonchev–Trinajstić information content (AvgIpc) is 2.64. The molecular formula is C21H43N5O. The monoisotopic (exact) mass is 381 g/mol. The zero-order chi connectivity index (χ0) is 19.9. The minimum absolute atomic E-state index is 0.179. The molecule has 2 aliphatic rings. The Labute approximate surface area is 167 Å². The number of likely N-dealkylation sites (N-methyl/N-ethyl adjacent to an activating group) is 1. The number of nitrogens with one attached hydrogen (secondary N) is 2. The molecule has 0 aromatic rings. The van der Waals surface area contributed by atoms with Gasteiger partial charge in [-0.1, -0.05) is 20.8 Å². The Bertz CT molecular complexity index is 454. The number of ether oxygens (including phenoxy) is 1. The molecule has 3 atom stereocenters. The maximum atomic E-state index is 6.12. The van der Waals surface area contributed by atoms with Crippen LogP contribution in [0.3, 0.4) is 0 Å². The second kappa shape index (κ2) is 10.6. The molecule has 0 aromatic carbocycles. The third kappa shape index (κ3) is 7.24. The van der Waals surface area contributed by atoms with E-state index in [4.69, 9.17) is 9.73 Å². The molecule has 2 aliphatic heterocycles. The van der Waals surface area contributed by atoms with Crippen molar-refractivity contribution in [3.63, 3.8) is 0 Å².